The third-order valence-electron chi connectivity index (χ3n) is 1.80. The van der Waals surface area contributed by atoms with Crippen molar-refractivity contribution in [2.24, 2.45) is 0 Å². The molecule has 0 atom stereocenters. The zero-order valence-corrected chi connectivity index (χ0v) is 7.23. The lowest BCUT2D eigenvalue weighted by Crippen LogP contribution is -1.95. The van der Waals surface area contributed by atoms with Gasteiger partial charge in [-0.05, 0) is 38.0 Å². The van der Waals surface area contributed by atoms with Gasteiger partial charge in [0.1, 0.15) is 0 Å². The molecule has 1 nitrogen and oxygen atoms in total. The SMILES string of the molecule is CC(=N)c1cc(C)ccc1C. The third kappa shape index (κ3) is 1.67. The van der Waals surface area contributed by atoms with Crippen molar-refractivity contribution in [1.82, 2.24) is 0 Å². The van der Waals surface area contributed by atoms with Crippen LogP contribution in [0.15, 0.2) is 18.2 Å². The molecule has 0 unspecified atom stereocenters. The van der Waals surface area contributed by atoms with Crippen LogP contribution in [0.25, 0.3) is 0 Å². The van der Waals surface area contributed by atoms with Gasteiger partial charge in [-0.25, -0.2) is 0 Å². The van der Waals surface area contributed by atoms with Gasteiger partial charge in [0.25, 0.3) is 0 Å². The van der Waals surface area contributed by atoms with Crippen molar-refractivity contribution in [3.63, 3.8) is 0 Å². The fourth-order valence-corrected chi connectivity index (χ4v) is 1.14. The zero-order chi connectivity index (χ0) is 8.43. The van der Waals surface area contributed by atoms with Gasteiger partial charge >= 0.3 is 0 Å². The van der Waals surface area contributed by atoms with Crippen molar-refractivity contribution in [1.29, 1.82) is 5.41 Å². The Hall–Kier alpha value is -1.11. The van der Waals surface area contributed by atoms with E-state index in [0.29, 0.717) is 5.71 Å². The van der Waals surface area contributed by atoms with Gasteiger partial charge < -0.3 is 5.41 Å². The van der Waals surface area contributed by atoms with E-state index in [0.717, 1.165) is 5.56 Å². The Bertz CT molecular complexity index is 287. The van der Waals surface area contributed by atoms with E-state index in [1.165, 1.54) is 11.1 Å². The molecule has 11 heavy (non-hydrogen) atoms. The van der Waals surface area contributed by atoms with E-state index < -0.39 is 0 Å². The molecule has 1 heteroatoms. The average molecular weight is 147 g/mol. The first kappa shape index (κ1) is 7.99. The van der Waals surface area contributed by atoms with Crippen LogP contribution in [-0.4, -0.2) is 5.71 Å². The summed E-state index contributed by atoms with van der Waals surface area (Å²) in [6.07, 6.45) is 0. The minimum Gasteiger partial charge on any atom is -0.305 e. The normalized spacial score (nSPS) is 9.73. The zero-order valence-electron chi connectivity index (χ0n) is 7.23. The van der Waals surface area contributed by atoms with E-state index >= 15 is 0 Å². The minimum atomic E-state index is 0.645. The van der Waals surface area contributed by atoms with E-state index in [2.05, 4.69) is 18.2 Å². The van der Waals surface area contributed by atoms with Crippen LogP contribution in [0.3, 0.4) is 0 Å². The topological polar surface area (TPSA) is 23.9 Å². The molecule has 0 radical (unpaired) electrons. The Labute approximate surface area is 67.6 Å². The van der Waals surface area contributed by atoms with Crippen LogP contribution in [0, 0.1) is 19.3 Å². The second-order valence-electron chi connectivity index (χ2n) is 2.94. The minimum absolute atomic E-state index is 0.645. The maximum absolute atomic E-state index is 7.47. The molecule has 0 spiro atoms. The monoisotopic (exact) mass is 147 g/mol. The molecule has 1 aromatic carbocycles. The smallest absolute Gasteiger partial charge is 0.0357 e. The highest BCUT2D eigenvalue weighted by Gasteiger charge is 1.98. The number of hydrogen-bond acceptors (Lipinski definition) is 1. The Morgan fingerprint density at radius 3 is 2.36 bits per heavy atom. The fourth-order valence-electron chi connectivity index (χ4n) is 1.14. The predicted molar refractivity (Wildman–Crippen MR) is 48.4 cm³/mol. The molecule has 0 bridgehead atoms. The third-order valence-corrected chi connectivity index (χ3v) is 1.80. The van der Waals surface area contributed by atoms with Gasteiger partial charge in [-0.15, -0.1) is 0 Å². The molecule has 58 valence electrons. The van der Waals surface area contributed by atoms with Crippen LogP contribution < -0.4 is 0 Å². The fraction of sp³-hybridized carbons (Fsp3) is 0.300. The largest absolute Gasteiger partial charge is 0.305 e. The van der Waals surface area contributed by atoms with Crippen molar-refractivity contribution in [3.8, 4) is 0 Å². The van der Waals surface area contributed by atoms with E-state index in [9.17, 15) is 0 Å². The summed E-state index contributed by atoms with van der Waals surface area (Å²) in [4.78, 5) is 0. The van der Waals surface area contributed by atoms with Crippen LogP contribution in [-0.2, 0) is 0 Å². The van der Waals surface area contributed by atoms with E-state index in [-0.39, 0.29) is 0 Å². The number of aryl methyl sites for hydroxylation is 2. The molecule has 1 rings (SSSR count). The van der Waals surface area contributed by atoms with Crippen molar-refractivity contribution in [3.05, 3.63) is 34.9 Å². The second-order valence-corrected chi connectivity index (χ2v) is 2.94. The van der Waals surface area contributed by atoms with Gasteiger partial charge in [0, 0.05) is 5.71 Å². The Morgan fingerprint density at radius 2 is 1.91 bits per heavy atom. The van der Waals surface area contributed by atoms with Crippen LogP contribution in [0.5, 0.6) is 0 Å². The van der Waals surface area contributed by atoms with Crippen LogP contribution >= 0.6 is 0 Å². The molecular formula is C10H13N. The lowest BCUT2D eigenvalue weighted by Gasteiger charge is -2.03. The summed E-state index contributed by atoms with van der Waals surface area (Å²) in [5.74, 6) is 0. The molecule has 0 aliphatic heterocycles. The van der Waals surface area contributed by atoms with Crippen molar-refractivity contribution < 1.29 is 0 Å². The molecule has 0 amide bonds. The summed E-state index contributed by atoms with van der Waals surface area (Å²) in [6, 6.07) is 6.18. The highest BCUT2D eigenvalue weighted by atomic mass is 14.4. The molecule has 0 saturated carbocycles. The Balaban J connectivity index is 3.23. The van der Waals surface area contributed by atoms with E-state index in [1.54, 1.807) is 0 Å². The van der Waals surface area contributed by atoms with Crippen molar-refractivity contribution in [2.45, 2.75) is 20.8 Å². The maximum Gasteiger partial charge on any atom is 0.0357 e. The summed E-state index contributed by atoms with van der Waals surface area (Å²) < 4.78 is 0. The molecular weight excluding hydrogens is 134 g/mol. The molecule has 0 aromatic heterocycles. The average Bonchev–Trinajstić information content (AvgIpc) is 1.94. The highest BCUT2D eigenvalue weighted by molar-refractivity contribution is 5.97. The molecule has 0 saturated heterocycles. The molecule has 0 aliphatic rings. The summed E-state index contributed by atoms with van der Waals surface area (Å²) in [7, 11) is 0. The number of nitrogens with one attached hydrogen (secondary N) is 1. The Morgan fingerprint density at radius 1 is 1.27 bits per heavy atom. The standard InChI is InChI=1S/C10H13N/c1-7-4-5-8(2)10(6-7)9(3)11/h4-6,11H,1-3H3. The van der Waals surface area contributed by atoms with Crippen LogP contribution in [0.4, 0.5) is 0 Å². The van der Waals surface area contributed by atoms with Gasteiger partial charge in [0.2, 0.25) is 0 Å². The molecule has 0 heterocycles. The summed E-state index contributed by atoms with van der Waals surface area (Å²) in [6.45, 7) is 5.90. The van der Waals surface area contributed by atoms with E-state index in [4.69, 9.17) is 5.41 Å². The van der Waals surface area contributed by atoms with Gasteiger partial charge in [0.05, 0.1) is 0 Å². The Kier molecular flexibility index (Phi) is 2.08. The number of hydrogen-bond donors (Lipinski definition) is 1. The maximum atomic E-state index is 7.47. The first-order chi connectivity index (χ1) is 5.11. The van der Waals surface area contributed by atoms with Gasteiger partial charge in [-0.3, -0.25) is 0 Å². The highest BCUT2D eigenvalue weighted by Crippen LogP contribution is 2.10. The quantitative estimate of drug-likeness (QED) is 0.590. The molecule has 1 aromatic rings. The first-order valence-electron chi connectivity index (χ1n) is 3.74. The van der Waals surface area contributed by atoms with Crippen molar-refractivity contribution >= 4 is 5.71 Å². The number of rotatable bonds is 1. The molecule has 0 fully saturated rings. The summed E-state index contributed by atoms with van der Waals surface area (Å²) in [5, 5.41) is 7.47. The lowest BCUT2D eigenvalue weighted by atomic mass is 10.0. The van der Waals surface area contributed by atoms with Gasteiger partial charge in [-0.2, -0.15) is 0 Å². The molecule has 1 N–H and O–H groups in total. The predicted octanol–water partition coefficient (Wildman–Crippen LogP) is 2.69. The summed E-state index contributed by atoms with van der Waals surface area (Å²) in [5.41, 5.74) is 4.11. The number of benzene rings is 1. The second kappa shape index (κ2) is 2.87. The summed E-state index contributed by atoms with van der Waals surface area (Å²) >= 11 is 0. The van der Waals surface area contributed by atoms with Gasteiger partial charge in [-0.1, -0.05) is 17.7 Å². The van der Waals surface area contributed by atoms with Crippen LogP contribution in [0.2, 0.25) is 0 Å². The van der Waals surface area contributed by atoms with Crippen LogP contribution in [0.1, 0.15) is 23.6 Å². The van der Waals surface area contributed by atoms with Crippen molar-refractivity contribution in [2.75, 3.05) is 0 Å². The molecule has 0 aliphatic carbocycles. The van der Waals surface area contributed by atoms with E-state index in [1.807, 2.05) is 20.8 Å². The van der Waals surface area contributed by atoms with Gasteiger partial charge in [0.15, 0.2) is 0 Å². The first-order valence-corrected chi connectivity index (χ1v) is 3.74. The lowest BCUT2D eigenvalue weighted by molar-refractivity contribution is 1.34.